The average molecular weight is 222 g/mol. The number of nitrogens with one attached hydrogen (secondary N) is 1. The van der Waals surface area contributed by atoms with Crippen molar-refractivity contribution in [1.29, 1.82) is 0 Å². The number of aliphatic hydroxyl groups excluding tert-OH is 1. The van der Waals surface area contributed by atoms with Crippen molar-refractivity contribution in [2.75, 3.05) is 59.5 Å². The van der Waals surface area contributed by atoms with Crippen LogP contribution in [0.15, 0.2) is 0 Å². The highest BCUT2D eigenvalue weighted by atomic mass is 16.5. The van der Waals surface area contributed by atoms with E-state index in [-0.39, 0.29) is 6.73 Å². The fourth-order valence-electron chi connectivity index (χ4n) is 0.849. The highest BCUT2D eigenvalue weighted by molar-refractivity contribution is 4.38. The van der Waals surface area contributed by atoms with E-state index in [9.17, 15) is 0 Å². The van der Waals surface area contributed by atoms with Crippen molar-refractivity contribution < 1.29 is 19.3 Å². The first-order chi connectivity index (χ1) is 7.41. The first kappa shape index (κ1) is 14.8. The third-order valence-corrected chi connectivity index (χ3v) is 1.54. The van der Waals surface area contributed by atoms with E-state index in [0.717, 1.165) is 0 Å². The van der Waals surface area contributed by atoms with Crippen LogP contribution in [0.2, 0.25) is 0 Å². The molecule has 0 spiro atoms. The summed E-state index contributed by atoms with van der Waals surface area (Å²) in [5.41, 5.74) is 5.24. The van der Waals surface area contributed by atoms with Gasteiger partial charge in [-0.05, 0) is 0 Å². The second-order valence-electron chi connectivity index (χ2n) is 2.78. The van der Waals surface area contributed by atoms with Crippen LogP contribution < -0.4 is 11.1 Å². The largest absolute Gasteiger partial charge is 0.381 e. The summed E-state index contributed by atoms with van der Waals surface area (Å²) in [4.78, 5) is 0. The molecule has 0 aromatic carbocycles. The minimum Gasteiger partial charge on any atom is -0.381 e. The van der Waals surface area contributed by atoms with E-state index in [2.05, 4.69) is 5.32 Å². The fourth-order valence-corrected chi connectivity index (χ4v) is 0.849. The molecule has 0 rings (SSSR count). The van der Waals surface area contributed by atoms with Crippen molar-refractivity contribution in [3.8, 4) is 0 Å². The number of nitrogens with two attached hydrogens (primary N) is 1. The van der Waals surface area contributed by atoms with Gasteiger partial charge in [0, 0.05) is 13.1 Å². The van der Waals surface area contributed by atoms with Gasteiger partial charge in [-0.1, -0.05) is 0 Å². The SMILES string of the molecule is NCCOCCOCCOCCNCO. The first-order valence-electron chi connectivity index (χ1n) is 5.16. The Morgan fingerprint density at radius 2 is 1.40 bits per heavy atom. The highest BCUT2D eigenvalue weighted by Gasteiger charge is 1.90. The van der Waals surface area contributed by atoms with Crippen LogP contribution in [0.3, 0.4) is 0 Å². The van der Waals surface area contributed by atoms with Gasteiger partial charge in [0.25, 0.3) is 0 Å². The summed E-state index contributed by atoms with van der Waals surface area (Å²) in [5, 5.41) is 11.1. The molecular weight excluding hydrogens is 200 g/mol. The summed E-state index contributed by atoms with van der Waals surface area (Å²) in [7, 11) is 0. The molecule has 0 amide bonds. The van der Waals surface area contributed by atoms with Crippen LogP contribution in [-0.2, 0) is 14.2 Å². The summed E-state index contributed by atoms with van der Waals surface area (Å²) < 4.78 is 15.5. The Morgan fingerprint density at radius 3 is 1.93 bits per heavy atom. The normalized spacial score (nSPS) is 10.8. The Hall–Kier alpha value is -0.240. The summed E-state index contributed by atoms with van der Waals surface area (Å²) in [6.45, 7) is 4.59. The van der Waals surface area contributed by atoms with E-state index in [0.29, 0.717) is 52.7 Å². The van der Waals surface area contributed by atoms with E-state index < -0.39 is 0 Å². The zero-order chi connectivity index (χ0) is 11.2. The van der Waals surface area contributed by atoms with Crippen molar-refractivity contribution in [1.82, 2.24) is 5.32 Å². The summed E-state index contributed by atoms with van der Waals surface area (Å²) in [6.07, 6.45) is 0. The van der Waals surface area contributed by atoms with Gasteiger partial charge in [0.15, 0.2) is 0 Å². The lowest BCUT2D eigenvalue weighted by atomic mass is 10.6. The van der Waals surface area contributed by atoms with Crippen molar-refractivity contribution in [2.24, 2.45) is 5.73 Å². The van der Waals surface area contributed by atoms with Gasteiger partial charge in [-0.3, -0.25) is 5.32 Å². The quantitative estimate of drug-likeness (QED) is 0.276. The number of aliphatic hydroxyl groups is 1. The standard InChI is InChI=1S/C9H22N2O4/c10-1-3-13-5-7-15-8-6-14-4-2-11-9-12/h11-12H,1-10H2. The molecule has 0 aliphatic heterocycles. The van der Waals surface area contributed by atoms with Crippen LogP contribution in [0.4, 0.5) is 0 Å². The van der Waals surface area contributed by atoms with E-state index >= 15 is 0 Å². The van der Waals surface area contributed by atoms with Gasteiger partial charge in [0.2, 0.25) is 0 Å². The molecule has 0 fully saturated rings. The molecule has 0 saturated heterocycles. The van der Waals surface area contributed by atoms with Gasteiger partial charge < -0.3 is 25.1 Å². The zero-order valence-corrected chi connectivity index (χ0v) is 9.11. The third-order valence-electron chi connectivity index (χ3n) is 1.54. The molecule has 15 heavy (non-hydrogen) atoms. The van der Waals surface area contributed by atoms with Crippen molar-refractivity contribution in [2.45, 2.75) is 0 Å². The molecule has 0 aliphatic carbocycles. The Balaban J connectivity index is 2.81. The molecule has 0 bridgehead atoms. The lowest BCUT2D eigenvalue weighted by molar-refractivity contribution is 0.0160. The molecule has 0 atom stereocenters. The van der Waals surface area contributed by atoms with Gasteiger partial charge >= 0.3 is 0 Å². The molecule has 6 nitrogen and oxygen atoms in total. The predicted octanol–water partition coefficient (Wildman–Crippen LogP) is -1.47. The number of hydrogen-bond donors (Lipinski definition) is 3. The lowest BCUT2D eigenvalue weighted by Crippen LogP contribution is -2.21. The maximum atomic E-state index is 8.40. The van der Waals surface area contributed by atoms with Crippen LogP contribution in [0, 0.1) is 0 Å². The van der Waals surface area contributed by atoms with Gasteiger partial charge in [0.1, 0.15) is 0 Å². The number of hydrogen-bond acceptors (Lipinski definition) is 6. The summed E-state index contributed by atoms with van der Waals surface area (Å²) in [6, 6.07) is 0. The zero-order valence-electron chi connectivity index (χ0n) is 9.11. The Bertz CT molecular complexity index is 104. The van der Waals surface area contributed by atoms with E-state index in [1.54, 1.807) is 0 Å². The Kier molecular flexibility index (Phi) is 13.5. The Labute approximate surface area is 90.7 Å². The van der Waals surface area contributed by atoms with Crippen LogP contribution in [-0.4, -0.2) is 64.6 Å². The van der Waals surface area contributed by atoms with Crippen molar-refractivity contribution >= 4 is 0 Å². The summed E-state index contributed by atoms with van der Waals surface area (Å²) >= 11 is 0. The third kappa shape index (κ3) is 13.8. The minimum absolute atomic E-state index is 0.0155. The molecule has 0 heterocycles. The van der Waals surface area contributed by atoms with Crippen LogP contribution in [0.1, 0.15) is 0 Å². The smallest absolute Gasteiger partial charge is 0.0932 e. The van der Waals surface area contributed by atoms with Gasteiger partial charge in [0.05, 0.1) is 46.4 Å². The number of ether oxygens (including phenoxy) is 3. The maximum absolute atomic E-state index is 8.40. The molecule has 0 unspecified atom stereocenters. The van der Waals surface area contributed by atoms with E-state index in [1.807, 2.05) is 0 Å². The molecule has 0 aromatic rings. The van der Waals surface area contributed by atoms with Crippen molar-refractivity contribution in [3.05, 3.63) is 0 Å². The van der Waals surface area contributed by atoms with Crippen LogP contribution in [0.5, 0.6) is 0 Å². The second-order valence-corrected chi connectivity index (χ2v) is 2.78. The van der Waals surface area contributed by atoms with E-state index in [1.165, 1.54) is 0 Å². The van der Waals surface area contributed by atoms with Crippen LogP contribution in [0.25, 0.3) is 0 Å². The number of rotatable bonds is 12. The monoisotopic (exact) mass is 222 g/mol. The molecule has 0 saturated carbocycles. The van der Waals surface area contributed by atoms with Gasteiger partial charge in [-0.15, -0.1) is 0 Å². The first-order valence-corrected chi connectivity index (χ1v) is 5.16. The molecule has 92 valence electrons. The van der Waals surface area contributed by atoms with Gasteiger partial charge in [-0.25, -0.2) is 0 Å². The molecule has 4 N–H and O–H groups in total. The highest BCUT2D eigenvalue weighted by Crippen LogP contribution is 1.80. The lowest BCUT2D eigenvalue weighted by Gasteiger charge is -2.06. The molecule has 6 heteroatoms. The topological polar surface area (TPSA) is 86.0 Å². The molecule has 0 aromatic heterocycles. The fraction of sp³-hybridized carbons (Fsp3) is 1.00. The minimum atomic E-state index is -0.0155. The molecule has 0 aliphatic rings. The molecular formula is C9H22N2O4. The summed E-state index contributed by atoms with van der Waals surface area (Å²) in [5.74, 6) is 0. The maximum Gasteiger partial charge on any atom is 0.0932 e. The Morgan fingerprint density at radius 1 is 0.867 bits per heavy atom. The second kappa shape index (κ2) is 13.8. The van der Waals surface area contributed by atoms with Gasteiger partial charge in [-0.2, -0.15) is 0 Å². The average Bonchev–Trinajstić information content (AvgIpc) is 2.26. The van der Waals surface area contributed by atoms with Crippen LogP contribution >= 0.6 is 0 Å². The van der Waals surface area contributed by atoms with E-state index in [4.69, 9.17) is 25.1 Å². The predicted molar refractivity (Wildman–Crippen MR) is 56.6 cm³/mol. The van der Waals surface area contributed by atoms with Crippen molar-refractivity contribution in [3.63, 3.8) is 0 Å². The molecule has 0 radical (unpaired) electrons.